The number of halogens is 3. The van der Waals surface area contributed by atoms with Crippen molar-refractivity contribution in [2.24, 2.45) is 10.7 Å². The van der Waals surface area contributed by atoms with E-state index in [2.05, 4.69) is 20.9 Å². The summed E-state index contributed by atoms with van der Waals surface area (Å²) in [5.41, 5.74) is 6.80. The Morgan fingerprint density at radius 1 is 1.30 bits per heavy atom. The van der Waals surface area contributed by atoms with E-state index in [-0.39, 0.29) is 41.0 Å². The molecule has 6 nitrogen and oxygen atoms in total. The summed E-state index contributed by atoms with van der Waals surface area (Å²) in [5, 5.41) is 0. The molecule has 1 aliphatic heterocycles. The molecule has 1 amide bonds. The zero-order valence-corrected chi connectivity index (χ0v) is 17.6. The monoisotopic (exact) mass is 477 g/mol. The number of aryl methyl sites for hydroxylation is 1. The fourth-order valence-corrected chi connectivity index (χ4v) is 3.25. The van der Waals surface area contributed by atoms with E-state index >= 15 is 0 Å². The van der Waals surface area contributed by atoms with Crippen molar-refractivity contribution in [1.82, 2.24) is 4.57 Å². The molecule has 0 unspecified atom stereocenters. The van der Waals surface area contributed by atoms with Gasteiger partial charge in [0.25, 0.3) is 5.56 Å². The molecule has 0 radical (unpaired) electrons. The van der Waals surface area contributed by atoms with Crippen LogP contribution in [0.25, 0.3) is 0 Å². The molecule has 2 aromatic rings. The number of primary amides is 1. The minimum Gasteiger partial charge on any atom is -0.487 e. The Hall–Kier alpha value is -3.07. The van der Waals surface area contributed by atoms with Gasteiger partial charge in [-0.25, -0.2) is 8.78 Å². The first-order valence-electron chi connectivity index (χ1n) is 8.92. The minimum atomic E-state index is -0.723. The van der Waals surface area contributed by atoms with Gasteiger partial charge in [-0.1, -0.05) is 12.2 Å². The molecule has 0 aliphatic carbocycles. The Morgan fingerprint density at radius 3 is 2.77 bits per heavy atom. The lowest BCUT2D eigenvalue weighted by Crippen LogP contribution is -2.24. The maximum Gasteiger partial charge on any atom is 0.269 e. The van der Waals surface area contributed by atoms with Crippen LogP contribution in [0.2, 0.25) is 0 Å². The third-order valence-electron chi connectivity index (χ3n) is 4.49. The SMILES string of the molecule is Cc1cc(OCc2ccc(F)cc2F)c(Br)c(=O)n1CC1=CC=C(C(N)=O)CN=C1. The van der Waals surface area contributed by atoms with Crippen LogP contribution in [-0.4, -0.2) is 23.2 Å². The van der Waals surface area contributed by atoms with Crippen LogP contribution in [0.3, 0.4) is 0 Å². The summed E-state index contributed by atoms with van der Waals surface area (Å²) in [6.07, 6.45) is 4.88. The van der Waals surface area contributed by atoms with Gasteiger partial charge in [-0.15, -0.1) is 0 Å². The number of hydrogen-bond donors (Lipinski definition) is 1. The summed E-state index contributed by atoms with van der Waals surface area (Å²) in [6.45, 7) is 1.98. The molecule has 156 valence electrons. The van der Waals surface area contributed by atoms with Crippen LogP contribution in [0, 0.1) is 18.6 Å². The molecular formula is C21H18BrF2N3O3. The second-order valence-electron chi connectivity index (χ2n) is 6.65. The molecule has 0 saturated heterocycles. The number of benzene rings is 1. The molecule has 0 saturated carbocycles. The fourth-order valence-electron chi connectivity index (χ4n) is 2.81. The van der Waals surface area contributed by atoms with Crippen LogP contribution in [0.1, 0.15) is 11.3 Å². The second kappa shape index (κ2) is 9.17. The van der Waals surface area contributed by atoms with E-state index < -0.39 is 17.5 Å². The molecule has 9 heteroatoms. The number of nitrogens with zero attached hydrogens (tertiary/aromatic N) is 2. The number of ether oxygens (including phenoxy) is 1. The lowest BCUT2D eigenvalue weighted by Gasteiger charge is -2.15. The zero-order chi connectivity index (χ0) is 21.8. The van der Waals surface area contributed by atoms with Gasteiger partial charge in [-0.05, 0) is 40.6 Å². The van der Waals surface area contributed by atoms with Crippen LogP contribution in [0.5, 0.6) is 5.75 Å². The standard InChI is InChI=1S/C21H18BrF2N3O3/c1-12-6-18(30-11-15-4-5-16(23)7-17(15)24)19(22)21(29)27(12)10-13-2-3-14(20(25)28)9-26-8-13/h2-8H,9-11H2,1H3,(H2,25,28). The van der Waals surface area contributed by atoms with Crippen LogP contribution in [0.4, 0.5) is 8.78 Å². The number of amides is 1. The number of allylic oxidation sites excluding steroid dienone is 3. The average Bonchev–Trinajstić information content (AvgIpc) is 2.94. The Bertz CT molecular complexity index is 1150. The zero-order valence-electron chi connectivity index (χ0n) is 16.0. The highest BCUT2D eigenvalue weighted by molar-refractivity contribution is 9.10. The van der Waals surface area contributed by atoms with Crippen LogP contribution < -0.4 is 16.0 Å². The summed E-state index contributed by atoms with van der Waals surface area (Å²) < 4.78 is 34.1. The van der Waals surface area contributed by atoms with Crippen LogP contribution >= 0.6 is 15.9 Å². The molecule has 1 aromatic carbocycles. The molecule has 3 rings (SSSR count). The summed E-state index contributed by atoms with van der Waals surface area (Å²) in [6, 6.07) is 4.85. The Balaban J connectivity index is 1.83. The lowest BCUT2D eigenvalue weighted by molar-refractivity contribution is -0.114. The number of pyridine rings is 1. The van der Waals surface area contributed by atoms with Crippen molar-refractivity contribution in [3.8, 4) is 5.75 Å². The Labute approximate surface area is 179 Å². The number of nitrogens with two attached hydrogens (primary N) is 1. The van der Waals surface area contributed by atoms with Crippen molar-refractivity contribution >= 4 is 28.1 Å². The molecule has 2 N–H and O–H groups in total. The van der Waals surface area contributed by atoms with Gasteiger partial charge in [-0.2, -0.15) is 0 Å². The highest BCUT2D eigenvalue weighted by Crippen LogP contribution is 2.24. The van der Waals surface area contributed by atoms with E-state index in [1.54, 1.807) is 31.4 Å². The largest absolute Gasteiger partial charge is 0.487 e. The van der Waals surface area contributed by atoms with Gasteiger partial charge in [0.05, 0.1) is 13.1 Å². The molecular weight excluding hydrogens is 460 g/mol. The first-order valence-corrected chi connectivity index (χ1v) is 9.71. The maximum atomic E-state index is 13.8. The van der Waals surface area contributed by atoms with Crippen molar-refractivity contribution in [3.63, 3.8) is 0 Å². The number of aromatic nitrogens is 1. The van der Waals surface area contributed by atoms with Crippen molar-refractivity contribution in [1.29, 1.82) is 0 Å². The summed E-state index contributed by atoms with van der Waals surface area (Å²) in [4.78, 5) is 28.3. The Kier molecular flexibility index (Phi) is 6.61. The third-order valence-corrected chi connectivity index (χ3v) is 5.22. The van der Waals surface area contributed by atoms with Crippen molar-refractivity contribution < 1.29 is 18.3 Å². The van der Waals surface area contributed by atoms with E-state index in [9.17, 15) is 18.4 Å². The van der Waals surface area contributed by atoms with Crippen molar-refractivity contribution in [2.75, 3.05) is 6.54 Å². The summed E-state index contributed by atoms with van der Waals surface area (Å²) >= 11 is 3.24. The van der Waals surface area contributed by atoms with E-state index in [4.69, 9.17) is 10.5 Å². The molecule has 30 heavy (non-hydrogen) atoms. The normalized spacial score (nSPS) is 13.5. The van der Waals surface area contributed by atoms with Gasteiger partial charge >= 0.3 is 0 Å². The first kappa shape index (κ1) is 21.6. The first-order chi connectivity index (χ1) is 14.3. The third kappa shape index (κ3) is 4.91. The molecule has 0 atom stereocenters. The molecule has 0 spiro atoms. The Morgan fingerprint density at radius 2 is 2.07 bits per heavy atom. The predicted octanol–water partition coefficient (Wildman–Crippen LogP) is 3.20. The number of aliphatic imine (C=N–C) groups is 1. The molecule has 1 aliphatic rings. The molecule has 0 fully saturated rings. The lowest BCUT2D eigenvalue weighted by atomic mass is 10.2. The number of rotatable bonds is 6. The minimum absolute atomic E-state index is 0.161. The van der Waals surface area contributed by atoms with Gasteiger partial charge < -0.3 is 15.0 Å². The van der Waals surface area contributed by atoms with Gasteiger partial charge in [0.2, 0.25) is 5.91 Å². The predicted molar refractivity (Wildman–Crippen MR) is 113 cm³/mol. The van der Waals surface area contributed by atoms with Gasteiger partial charge in [0.1, 0.15) is 28.5 Å². The number of carbonyl (C=O) groups is 1. The highest BCUT2D eigenvalue weighted by Gasteiger charge is 2.15. The summed E-state index contributed by atoms with van der Waals surface area (Å²) in [7, 11) is 0. The van der Waals surface area contributed by atoms with Crippen molar-refractivity contribution in [2.45, 2.75) is 20.1 Å². The van der Waals surface area contributed by atoms with Crippen LogP contribution in [-0.2, 0) is 17.9 Å². The smallest absolute Gasteiger partial charge is 0.269 e. The maximum absolute atomic E-state index is 13.8. The van der Waals surface area contributed by atoms with E-state index in [1.807, 2.05) is 0 Å². The van der Waals surface area contributed by atoms with Crippen LogP contribution in [0.15, 0.2) is 61.8 Å². The summed E-state index contributed by atoms with van der Waals surface area (Å²) in [5.74, 6) is -1.69. The van der Waals surface area contributed by atoms with Gasteiger partial charge in [0, 0.05) is 35.2 Å². The number of carbonyl (C=O) groups excluding carboxylic acids is 1. The van der Waals surface area contributed by atoms with Crippen molar-refractivity contribution in [3.05, 3.63) is 85.3 Å². The fraction of sp³-hybridized carbons (Fsp3) is 0.190. The highest BCUT2D eigenvalue weighted by atomic mass is 79.9. The van der Waals surface area contributed by atoms with Gasteiger partial charge in [0.15, 0.2) is 0 Å². The molecule has 0 bridgehead atoms. The molecule has 1 aromatic heterocycles. The van der Waals surface area contributed by atoms with E-state index in [0.717, 1.165) is 12.1 Å². The topological polar surface area (TPSA) is 86.7 Å². The number of hydrogen-bond acceptors (Lipinski definition) is 4. The average molecular weight is 478 g/mol. The second-order valence-corrected chi connectivity index (χ2v) is 7.44. The van der Waals surface area contributed by atoms with E-state index in [0.29, 0.717) is 16.8 Å². The van der Waals surface area contributed by atoms with Gasteiger partial charge in [-0.3, -0.25) is 14.6 Å². The quantitative estimate of drug-likeness (QED) is 0.692. The van der Waals surface area contributed by atoms with E-state index in [1.165, 1.54) is 10.6 Å². The molecule has 2 heterocycles.